The van der Waals surface area contributed by atoms with Gasteiger partial charge in [-0.05, 0) is 49.7 Å². The Labute approximate surface area is 154 Å². The number of hydrogen-bond acceptors (Lipinski definition) is 3. The molecule has 134 valence electrons. The highest BCUT2D eigenvalue weighted by atomic mass is 35.5. The summed E-state index contributed by atoms with van der Waals surface area (Å²) in [6, 6.07) is 12.6. The van der Waals surface area contributed by atoms with E-state index in [1.54, 1.807) is 18.2 Å². The van der Waals surface area contributed by atoms with Crippen molar-refractivity contribution in [3.05, 3.63) is 58.6 Å². The zero-order chi connectivity index (χ0) is 18.1. The van der Waals surface area contributed by atoms with E-state index in [0.717, 1.165) is 24.2 Å². The lowest BCUT2D eigenvalue weighted by Gasteiger charge is -2.13. The van der Waals surface area contributed by atoms with Crippen molar-refractivity contribution in [1.29, 1.82) is 0 Å². The summed E-state index contributed by atoms with van der Waals surface area (Å²) in [6.07, 6.45) is 2.01. The number of carbonyl (C=O) groups excluding carboxylic acids is 1. The van der Waals surface area contributed by atoms with Crippen LogP contribution < -0.4 is 14.8 Å². The van der Waals surface area contributed by atoms with E-state index in [2.05, 4.69) is 12.2 Å². The molecule has 0 aliphatic rings. The predicted molar refractivity (Wildman–Crippen MR) is 101 cm³/mol. The van der Waals surface area contributed by atoms with Crippen molar-refractivity contribution >= 4 is 17.5 Å². The Morgan fingerprint density at radius 3 is 2.68 bits per heavy atom. The molecule has 0 saturated heterocycles. The highest BCUT2D eigenvalue weighted by Gasteiger charge is 2.11. The maximum Gasteiger partial charge on any atom is 0.251 e. The van der Waals surface area contributed by atoms with Gasteiger partial charge in [0.15, 0.2) is 0 Å². The number of ether oxygens (including phenoxy) is 2. The van der Waals surface area contributed by atoms with Crippen molar-refractivity contribution in [2.75, 3.05) is 13.2 Å². The van der Waals surface area contributed by atoms with E-state index < -0.39 is 0 Å². The first-order chi connectivity index (χ1) is 12.1. The third kappa shape index (κ3) is 5.98. The van der Waals surface area contributed by atoms with E-state index in [9.17, 15) is 4.79 Å². The van der Waals surface area contributed by atoms with Crippen molar-refractivity contribution in [3.8, 4) is 11.5 Å². The molecule has 0 aliphatic carbocycles. The minimum atomic E-state index is -0.0829. The van der Waals surface area contributed by atoms with Crippen LogP contribution in [0, 0.1) is 0 Å². The van der Waals surface area contributed by atoms with Crippen molar-refractivity contribution in [3.63, 3.8) is 0 Å². The molecule has 4 nitrogen and oxygen atoms in total. The summed E-state index contributed by atoms with van der Waals surface area (Å²) in [7, 11) is 0. The minimum absolute atomic E-state index is 0.0829. The molecule has 0 atom stereocenters. The normalized spacial score (nSPS) is 10.4. The smallest absolute Gasteiger partial charge is 0.251 e. The summed E-state index contributed by atoms with van der Waals surface area (Å²) < 4.78 is 11.4. The van der Waals surface area contributed by atoms with Crippen LogP contribution >= 0.6 is 11.6 Å². The summed E-state index contributed by atoms with van der Waals surface area (Å²) in [5, 5.41) is 3.54. The van der Waals surface area contributed by atoms with Gasteiger partial charge in [0.05, 0.1) is 6.61 Å². The van der Waals surface area contributed by atoms with E-state index in [1.807, 2.05) is 31.2 Å². The van der Waals surface area contributed by atoms with Crippen LogP contribution in [0.15, 0.2) is 42.5 Å². The number of benzene rings is 2. The molecule has 0 aromatic heterocycles. The number of nitrogens with one attached hydrogen (secondary N) is 1. The van der Waals surface area contributed by atoms with Crippen LogP contribution in [0.1, 0.15) is 42.6 Å². The standard InChI is InChI=1S/C20H24ClNO3/c1-3-5-11-22-20(23)15-9-10-19(24-4-2)16(12-15)14-25-18-8-6-7-17(21)13-18/h6-10,12-13H,3-5,11,14H2,1-2H3,(H,22,23). The maximum atomic E-state index is 12.2. The van der Waals surface area contributed by atoms with Crippen molar-refractivity contribution < 1.29 is 14.3 Å². The number of halogens is 1. The molecule has 0 fully saturated rings. The van der Waals surface area contributed by atoms with Gasteiger partial charge in [0, 0.05) is 22.7 Å². The summed E-state index contributed by atoms with van der Waals surface area (Å²) in [5.41, 5.74) is 1.43. The Morgan fingerprint density at radius 1 is 1.12 bits per heavy atom. The molecule has 1 amide bonds. The van der Waals surface area contributed by atoms with Crippen LogP contribution in [0.25, 0.3) is 0 Å². The molecule has 0 radical (unpaired) electrons. The van der Waals surface area contributed by atoms with Gasteiger partial charge in [-0.25, -0.2) is 0 Å². The van der Waals surface area contributed by atoms with Crippen molar-refractivity contribution in [2.45, 2.75) is 33.3 Å². The average molecular weight is 362 g/mol. The van der Waals surface area contributed by atoms with Crippen LogP contribution in [0.2, 0.25) is 5.02 Å². The zero-order valence-electron chi connectivity index (χ0n) is 14.7. The second-order valence-corrected chi connectivity index (χ2v) is 6.05. The fourth-order valence-electron chi connectivity index (χ4n) is 2.33. The summed E-state index contributed by atoms with van der Waals surface area (Å²) in [6.45, 7) is 5.54. The molecule has 1 N–H and O–H groups in total. The molecule has 5 heteroatoms. The van der Waals surface area contributed by atoms with Gasteiger partial charge in [-0.15, -0.1) is 0 Å². The molecular weight excluding hydrogens is 338 g/mol. The molecule has 0 heterocycles. The van der Waals surface area contributed by atoms with E-state index in [1.165, 1.54) is 0 Å². The fourth-order valence-corrected chi connectivity index (χ4v) is 2.51. The third-order valence-electron chi connectivity index (χ3n) is 3.63. The molecule has 2 rings (SSSR count). The zero-order valence-corrected chi connectivity index (χ0v) is 15.4. The average Bonchev–Trinajstić information content (AvgIpc) is 2.61. The number of amides is 1. The Hall–Kier alpha value is -2.20. The first kappa shape index (κ1) is 19.1. The molecule has 0 saturated carbocycles. The highest BCUT2D eigenvalue weighted by Crippen LogP contribution is 2.24. The van der Waals surface area contributed by atoms with Crippen LogP contribution in [0.5, 0.6) is 11.5 Å². The van der Waals surface area contributed by atoms with Crippen molar-refractivity contribution in [2.24, 2.45) is 0 Å². The van der Waals surface area contributed by atoms with E-state index >= 15 is 0 Å². The number of unbranched alkanes of at least 4 members (excludes halogenated alkanes) is 1. The minimum Gasteiger partial charge on any atom is -0.493 e. The number of rotatable bonds is 9. The van der Waals surface area contributed by atoms with Crippen LogP contribution in [-0.2, 0) is 6.61 Å². The summed E-state index contributed by atoms with van der Waals surface area (Å²) >= 11 is 5.98. The van der Waals surface area contributed by atoms with Gasteiger partial charge < -0.3 is 14.8 Å². The van der Waals surface area contributed by atoms with Gasteiger partial charge in [0.1, 0.15) is 18.1 Å². The van der Waals surface area contributed by atoms with Gasteiger partial charge in [-0.2, -0.15) is 0 Å². The van der Waals surface area contributed by atoms with Crippen LogP contribution in [-0.4, -0.2) is 19.1 Å². The van der Waals surface area contributed by atoms with Crippen LogP contribution in [0.4, 0.5) is 0 Å². The summed E-state index contributed by atoms with van der Waals surface area (Å²) in [5.74, 6) is 1.31. The van der Waals surface area contributed by atoms with E-state index in [4.69, 9.17) is 21.1 Å². The first-order valence-electron chi connectivity index (χ1n) is 8.56. The number of hydrogen-bond donors (Lipinski definition) is 1. The Morgan fingerprint density at radius 2 is 1.96 bits per heavy atom. The first-order valence-corrected chi connectivity index (χ1v) is 8.94. The monoisotopic (exact) mass is 361 g/mol. The maximum absolute atomic E-state index is 12.2. The second-order valence-electron chi connectivity index (χ2n) is 5.61. The molecule has 25 heavy (non-hydrogen) atoms. The predicted octanol–water partition coefficient (Wildman–Crippen LogP) is 4.85. The molecule has 0 unspecified atom stereocenters. The molecular formula is C20H24ClNO3. The van der Waals surface area contributed by atoms with Gasteiger partial charge in [-0.3, -0.25) is 4.79 Å². The van der Waals surface area contributed by atoms with Gasteiger partial charge in [-0.1, -0.05) is 31.0 Å². The molecule has 0 spiro atoms. The fraction of sp³-hybridized carbons (Fsp3) is 0.350. The third-order valence-corrected chi connectivity index (χ3v) is 3.86. The Kier molecular flexibility index (Phi) is 7.61. The SMILES string of the molecule is CCCCNC(=O)c1ccc(OCC)c(COc2cccc(Cl)c2)c1. The topological polar surface area (TPSA) is 47.6 Å². The van der Waals surface area contributed by atoms with E-state index in [0.29, 0.717) is 36.1 Å². The molecule has 0 aliphatic heterocycles. The second kappa shape index (κ2) is 9.94. The van der Waals surface area contributed by atoms with Gasteiger partial charge in [0.25, 0.3) is 5.91 Å². The lowest BCUT2D eigenvalue weighted by molar-refractivity contribution is 0.0953. The Bertz CT molecular complexity index is 703. The number of carbonyl (C=O) groups is 1. The largest absolute Gasteiger partial charge is 0.493 e. The van der Waals surface area contributed by atoms with Crippen LogP contribution in [0.3, 0.4) is 0 Å². The van der Waals surface area contributed by atoms with Gasteiger partial charge in [0.2, 0.25) is 0 Å². The quantitative estimate of drug-likeness (QED) is 0.649. The van der Waals surface area contributed by atoms with Crippen molar-refractivity contribution in [1.82, 2.24) is 5.32 Å². The lowest BCUT2D eigenvalue weighted by Crippen LogP contribution is -2.24. The molecule has 0 bridgehead atoms. The highest BCUT2D eigenvalue weighted by molar-refractivity contribution is 6.30. The van der Waals surface area contributed by atoms with E-state index in [-0.39, 0.29) is 5.91 Å². The van der Waals surface area contributed by atoms with Gasteiger partial charge >= 0.3 is 0 Å². The lowest BCUT2D eigenvalue weighted by atomic mass is 10.1. The molecule has 2 aromatic carbocycles. The summed E-state index contributed by atoms with van der Waals surface area (Å²) in [4.78, 5) is 12.2. The molecule has 2 aromatic rings. The Balaban J connectivity index is 2.12.